The number of nitrogens with zero attached hydrogens (tertiary/aromatic N) is 4. The van der Waals surface area contributed by atoms with Gasteiger partial charge in [0, 0.05) is 13.5 Å². The first-order chi connectivity index (χ1) is 9.94. The number of hydrogen-bond donors (Lipinski definition) is 0. The molecule has 3 rings (SSSR count). The predicted molar refractivity (Wildman–Crippen MR) is 83.3 cm³/mol. The number of likely N-dealkylation sites (tertiary alicyclic amines) is 1. The van der Waals surface area contributed by atoms with E-state index in [1.165, 1.54) is 12.8 Å². The van der Waals surface area contributed by atoms with Crippen LogP contribution < -0.4 is 0 Å². The topological polar surface area (TPSA) is 60.1 Å². The summed E-state index contributed by atoms with van der Waals surface area (Å²) in [4.78, 5) is 2.35. The lowest BCUT2D eigenvalue weighted by Gasteiger charge is -2.13. The van der Waals surface area contributed by atoms with Crippen LogP contribution in [-0.2, 0) is 30.0 Å². The molecule has 2 aliphatic rings. The maximum Gasteiger partial charge on any atom is 0.198 e. The van der Waals surface area contributed by atoms with Crippen molar-refractivity contribution in [3.63, 3.8) is 0 Å². The molecule has 2 aliphatic heterocycles. The Morgan fingerprint density at radius 3 is 2.67 bits per heavy atom. The van der Waals surface area contributed by atoms with Crippen LogP contribution in [0.2, 0.25) is 0 Å². The first kappa shape index (κ1) is 15.2. The lowest BCUT2D eigenvalue weighted by atomic mass is 10.1. The molecule has 2 saturated heterocycles. The maximum absolute atomic E-state index is 11.6. The highest BCUT2D eigenvalue weighted by atomic mass is 32.2. The van der Waals surface area contributed by atoms with Gasteiger partial charge in [0.2, 0.25) is 0 Å². The number of hydrogen-bond acceptors (Lipinski definition) is 5. The molecule has 1 aromatic heterocycles. The van der Waals surface area contributed by atoms with Crippen LogP contribution in [0.3, 0.4) is 0 Å². The van der Waals surface area contributed by atoms with Gasteiger partial charge in [-0.25, -0.2) is 13.1 Å². The molecule has 0 unspecified atom stereocenters. The van der Waals surface area contributed by atoms with Crippen molar-refractivity contribution in [2.24, 2.45) is 13.0 Å². The summed E-state index contributed by atoms with van der Waals surface area (Å²) in [5.41, 5.74) is 0. The minimum absolute atomic E-state index is 0.186. The second-order valence-corrected chi connectivity index (χ2v) is 8.79. The fourth-order valence-corrected chi connectivity index (χ4v) is 5.27. The summed E-state index contributed by atoms with van der Waals surface area (Å²) in [5.74, 6) is 1.70. The molecule has 1 atom stereocenters. The fraction of sp³-hybridized carbons (Fsp3) is 0.846. The molecule has 118 valence electrons. The van der Waals surface area contributed by atoms with Crippen molar-refractivity contribution in [1.29, 1.82) is 0 Å². The standard InChI is InChI=1S/C13H22N4O2S2/c1-15-12(8-11-4-7-21(18,19)9-11)14-17(13(15)20)10-16-5-2-3-6-16/h11H,2-10H2,1H3/t11-/m1/s1. The third-order valence-electron chi connectivity index (χ3n) is 4.46. The van der Waals surface area contributed by atoms with Crippen LogP contribution in [0.1, 0.15) is 25.1 Å². The van der Waals surface area contributed by atoms with Gasteiger partial charge in [-0.2, -0.15) is 5.10 Å². The van der Waals surface area contributed by atoms with Crippen molar-refractivity contribution in [2.45, 2.75) is 32.4 Å². The molecule has 0 saturated carbocycles. The van der Waals surface area contributed by atoms with Gasteiger partial charge in [0.25, 0.3) is 0 Å². The highest BCUT2D eigenvalue weighted by molar-refractivity contribution is 7.91. The predicted octanol–water partition coefficient (Wildman–Crippen LogP) is 0.982. The second kappa shape index (κ2) is 5.81. The monoisotopic (exact) mass is 330 g/mol. The van der Waals surface area contributed by atoms with Gasteiger partial charge in [-0.1, -0.05) is 0 Å². The third-order valence-corrected chi connectivity index (χ3v) is 6.78. The number of rotatable bonds is 4. The summed E-state index contributed by atoms with van der Waals surface area (Å²) >= 11 is 5.45. The summed E-state index contributed by atoms with van der Waals surface area (Å²) in [6.07, 6.45) is 3.93. The number of sulfone groups is 1. The molecule has 6 nitrogen and oxygen atoms in total. The third kappa shape index (κ3) is 3.37. The molecule has 8 heteroatoms. The van der Waals surface area contributed by atoms with E-state index in [0.29, 0.717) is 17.9 Å². The van der Waals surface area contributed by atoms with Crippen LogP contribution in [-0.4, -0.2) is 52.3 Å². The zero-order valence-electron chi connectivity index (χ0n) is 12.4. The SMILES string of the molecule is Cn1c(C[C@H]2CCS(=O)(=O)C2)nn(CN2CCCC2)c1=S. The Labute approximate surface area is 130 Å². The molecule has 0 radical (unpaired) electrons. The lowest BCUT2D eigenvalue weighted by molar-refractivity contribution is 0.252. The molecule has 0 bridgehead atoms. The summed E-state index contributed by atoms with van der Waals surface area (Å²) in [6, 6.07) is 0. The minimum Gasteiger partial charge on any atom is -0.307 e. The van der Waals surface area contributed by atoms with Crippen molar-refractivity contribution >= 4 is 22.1 Å². The molecule has 21 heavy (non-hydrogen) atoms. The van der Waals surface area contributed by atoms with E-state index in [1.54, 1.807) is 0 Å². The summed E-state index contributed by atoms with van der Waals surface area (Å²) in [5, 5.41) is 4.62. The van der Waals surface area contributed by atoms with Crippen molar-refractivity contribution in [1.82, 2.24) is 19.2 Å². The molecular formula is C13H22N4O2S2. The van der Waals surface area contributed by atoms with Crippen LogP contribution in [0.5, 0.6) is 0 Å². The normalized spacial score (nSPS) is 25.7. The van der Waals surface area contributed by atoms with Crippen molar-refractivity contribution in [3.05, 3.63) is 10.6 Å². The second-order valence-electron chi connectivity index (χ2n) is 6.20. The van der Waals surface area contributed by atoms with Crippen LogP contribution in [0.4, 0.5) is 0 Å². The largest absolute Gasteiger partial charge is 0.307 e. The van der Waals surface area contributed by atoms with Gasteiger partial charge in [0.1, 0.15) is 5.82 Å². The van der Waals surface area contributed by atoms with Crippen LogP contribution >= 0.6 is 12.2 Å². The zero-order valence-corrected chi connectivity index (χ0v) is 14.0. The molecule has 1 aromatic rings. The molecule has 0 N–H and O–H groups in total. The molecule has 0 spiro atoms. The van der Waals surface area contributed by atoms with Gasteiger partial charge < -0.3 is 4.57 Å². The average Bonchev–Trinajstić information content (AvgIpc) is 3.10. The Bertz CT molecular complexity index is 671. The smallest absolute Gasteiger partial charge is 0.198 e. The molecule has 3 heterocycles. The highest BCUT2D eigenvalue weighted by Gasteiger charge is 2.29. The van der Waals surface area contributed by atoms with Gasteiger partial charge in [-0.05, 0) is 50.5 Å². The van der Waals surface area contributed by atoms with Gasteiger partial charge in [0.15, 0.2) is 14.6 Å². The minimum atomic E-state index is -2.83. The van der Waals surface area contributed by atoms with Gasteiger partial charge in [0.05, 0.1) is 18.2 Å². The van der Waals surface area contributed by atoms with E-state index in [0.717, 1.165) is 36.8 Å². The molecule has 0 amide bonds. The summed E-state index contributed by atoms with van der Waals surface area (Å²) < 4.78 is 27.6. The van der Waals surface area contributed by atoms with E-state index in [2.05, 4.69) is 10.00 Å². The zero-order chi connectivity index (χ0) is 15.0. The molecule has 0 aromatic carbocycles. The Hall–Kier alpha value is -0.730. The van der Waals surface area contributed by atoms with Crippen molar-refractivity contribution < 1.29 is 8.42 Å². The van der Waals surface area contributed by atoms with E-state index < -0.39 is 9.84 Å². The van der Waals surface area contributed by atoms with Gasteiger partial charge in [-0.15, -0.1) is 0 Å². The van der Waals surface area contributed by atoms with E-state index in [1.807, 2.05) is 16.3 Å². The lowest BCUT2D eigenvalue weighted by Crippen LogP contribution is -2.23. The Balaban J connectivity index is 1.72. The quantitative estimate of drug-likeness (QED) is 0.770. The molecule has 2 fully saturated rings. The summed E-state index contributed by atoms with van der Waals surface area (Å²) in [7, 11) is -0.903. The van der Waals surface area contributed by atoms with E-state index in [4.69, 9.17) is 12.2 Å². The van der Waals surface area contributed by atoms with Crippen LogP contribution in [0, 0.1) is 10.7 Å². The first-order valence-corrected chi connectivity index (χ1v) is 9.73. The Morgan fingerprint density at radius 2 is 2.05 bits per heavy atom. The highest BCUT2D eigenvalue weighted by Crippen LogP contribution is 2.22. The fourth-order valence-electron chi connectivity index (χ4n) is 3.21. The van der Waals surface area contributed by atoms with Crippen LogP contribution in [0.25, 0.3) is 0 Å². The summed E-state index contributed by atoms with van der Waals surface area (Å²) in [6.45, 7) is 2.96. The number of aromatic nitrogens is 3. The van der Waals surface area contributed by atoms with Gasteiger partial charge >= 0.3 is 0 Å². The molecule has 0 aliphatic carbocycles. The van der Waals surface area contributed by atoms with Crippen molar-refractivity contribution in [3.8, 4) is 0 Å². The maximum atomic E-state index is 11.6. The van der Waals surface area contributed by atoms with Gasteiger partial charge in [-0.3, -0.25) is 4.90 Å². The Morgan fingerprint density at radius 1 is 1.33 bits per heavy atom. The van der Waals surface area contributed by atoms with E-state index in [-0.39, 0.29) is 5.92 Å². The van der Waals surface area contributed by atoms with E-state index >= 15 is 0 Å². The van der Waals surface area contributed by atoms with Crippen LogP contribution in [0.15, 0.2) is 0 Å². The Kier molecular flexibility index (Phi) is 4.20. The molecular weight excluding hydrogens is 308 g/mol. The van der Waals surface area contributed by atoms with Crippen molar-refractivity contribution in [2.75, 3.05) is 24.6 Å². The van der Waals surface area contributed by atoms with E-state index in [9.17, 15) is 8.42 Å². The first-order valence-electron chi connectivity index (χ1n) is 7.50. The average molecular weight is 330 g/mol.